The third-order valence-corrected chi connectivity index (χ3v) is 8.75. The van der Waals surface area contributed by atoms with Gasteiger partial charge in [-0.15, -0.1) is 0 Å². The van der Waals surface area contributed by atoms with E-state index in [0.717, 1.165) is 71.6 Å². The smallest absolute Gasteiger partial charge is 0.254 e. The molecule has 3 atom stereocenters. The molecule has 1 amide bonds. The van der Waals surface area contributed by atoms with Gasteiger partial charge in [0.15, 0.2) is 5.82 Å². The van der Waals surface area contributed by atoms with Crippen LogP contribution in [0, 0.1) is 5.92 Å². The van der Waals surface area contributed by atoms with Crippen molar-refractivity contribution in [3.63, 3.8) is 0 Å². The number of benzene rings is 2. The van der Waals surface area contributed by atoms with Crippen molar-refractivity contribution >= 4 is 33.5 Å². The molecule has 2 bridgehead atoms. The van der Waals surface area contributed by atoms with Gasteiger partial charge in [-0.25, -0.2) is 4.98 Å². The second-order valence-electron chi connectivity index (χ2n) is 10.6. The second-order valence-corrected chi connectivity index (χ2v) is 10.6. The van der Waals surface area contributed by atoms with Crippen LogP contribution >= 0.6 is 0 Å². The lowest BCUT2D eigenvalue weighted by molar-refractivity contribution is 0.0700. The van der Waals surface area contributed by atoms with E-state index in [1.165, 1.54) is 0 Å². The number of aromatic nitrogens is 3. The fraction of sp³-hybridized carbons (Fsp3) is 0.429. The zero-order valence-corrected chi connectivity index (χ0v) is 21.2. The number of imidazole rings is 1. The Morgan fingerprint density at radius 3 is 2.78 bits per heavy atom. The average molecular weight is 501 g/mol. The summed E-state index contributed by atoms with van der Waals surface area (Å²) in [6.07, 6.45) is 2.09. The molecule has 3 N–H and O–H groups in total. The van der Waals surface area contributed by atoms with Gasteiger partial charge in [0.05, 0.1) is 36.1 Å². The van der Waals surface area contributed by atoms with Crippen LogP contribution in [0.2, 0.25) is 0 Å². The number of aliphatic hydroxyl groups excluding tert-OH is 1. The number of carbonyl (C=O) groups excluding carboxylic acids is 1. The number of para-hydroxylation sites is 1. The quantitative estimate of drug-likeness (QED) is 0.437. The Bertz CT molecular complexity index is 1550. The molecule has 1 aliphatic carbocycles. The normalized spacial score (nSPS) is 22.5. The number of aliphatic hydroxyl groups is 1. The van der Waals surface area contributed by atoms with Crippen molar-refractivity contribution in [3.05, 3.63) is 42.0 Å². The van der Waals surface area contributed by atoms with E-state index in [1.54, 1.807) is 7.11 Å². The number of amides is 1. The first kappa shape index (κ1) is 22.6. The van der Waals surface area contributed by atoms with E-state index in [9.17, 15) is 9.90 Å². The van der Waals surface area contributed by atoms with Crippen molar-refractivity contribution in [2.45, 2.75) is 31.5 Å². The summed E-state index contributed by atoms with van der Waals surface area (Å²) >= 11 is 0. The molecule has 0 unspecified atom stereocenters. The van der Waals surface area contributed by atoms with E-state index in [2.05, 4.69) is 38.3 Å². The zero-order valence-electron chi connectivity index (χ0n) is 21.2. The number of hydrogen-bond donors (Lipinski definition) is 2. The lowest BCUT2D eigenvalue weighted by Gasteiger charge is -2.30. The van der Waals surface area contributed by atoms with Crippen LogP contribution in [0.1, 0.15) is 23.2 Å². The average Bonchev–Trinajstić information content (AvgIpc) is 3.65. The third-order valence-electron chi connectivity index (χ3n) is 8.75. The van der Waals surface area contributed by atoms with Crippen molar-refractivity contribution < 1.29 is 14.6 Å². The van der Waals surface area contributed by atoms with Gasteiger partial charge in [0, 0.05) is 56.3 Å². The van der Waals surface area contributed by atoms with Crippen molar-refractivity contribution in [3.8, 4) is 17.3 Å². The lowest BCUT2D eigenvalue weighted by Crippen LogP contribution is -2.41. The SMILES string of the molecule is COc1cc(C(=O)N2C[C@H]3CC[C@@H]2[C@@H]3N)cc2nc(-c3cc4cccc5c4n3CCN5CCO)n(C)c12. The number of β-amino-alcohol motifs (C(OH)–C–C–N with tert-alkyl or cyclic N) is 1. The summed E-state index contributed by atoms with van der Waals surface area (Å²) < 4.78 is 10.2. The first-order chi connectivity index (χ1) is 18.0. The first-order valence-electron chi connectivity index (χ1n) is 13.1. The minimum Gasteiger partial charge on any atom is -0.494 e. The van der Waals surface area contributed by atoms with Crippen LogP contribution in [0.4, 0.5) is 5.69 Å². The molecule has 0 radical (unpaired) electrons. The molecule has 2 fully saturated rings. The number of methoxy groups -OCH3 is 1. The zero-order chi connectivity index (χ0) is 25.4. The Hall–Kier alpha value is -3.56. The van der Waals surface area contributed by atoms with Gasteiger partial charge in [0.25, 0.3) is 5.91 Å². The molecule has 2 aromatic heterocycles. The Morgan fingerprint density at radius 2 is 2.05 bits per heavy atom. The Kier molecular flexibility index (Phi) is 5.03. The van der Waals surface area contributed by atoms with Crippen molar-refractivity contribution in [2.75, 3.05) is 38.3 Å². The van der Waals surface area contributed by atoms with E-state index >= 15 is 0 Å². The number of carbonyl (C=O) groups is 1. The standard InChI is InChI=1S/C28H32N6O3/c1-31-26-19(12-18(14-23(26)37-2)28(36)34-15-17-6-7-20(34)24(17)29)30-27(31)22-13-16-4-3-5-21-25(16)33(22)9-8-32(21)10-11-35/h3-5,12-14,17,20,24,35H,6-11,15,29H2,1-2H3/t17-,20-,24-/m1/s1. The maximum atomic E-state index is 13.6. The molecule has 1 saturated carbocycles. The van der Waals surface area contributed by atoms with Gasteiger partial charge in [0.2, 0.25) is 0 Å². The van der Waals surface area contributed by atoms with Crippen molar-refractivity contribution in [1.82, 2.24) is 19.0 Å². The summed E-state index contributed by atoms with van der Waals surface area (Å²) in [4.78, 5) is 22.8. The molecule has 9 heteroatoms. The second kappa shape index (κ2) is 8.22. The van der Waals surface area contributed by atoms with Gasteiger partial charge in [0.1, 0.15) is 11.3 Å². The fourth-order valence-electron chi connectivity index (χ4n) is 6.94. The van der Waals surface area contributed by atoms with Gasteiger partial charge >= 0.3 is 0 Å². The van der Waals surface area contributed by atoms with E-state index in [-0.39, 0.29) is 24.6 Å². The first-order valence-corrected chi connectivity index (χ1v) is 13.1. The maximum Gasteiger partial charge on any atom is 0.254 e. The number of ether oxygens (including phenoxy) is 1. The van der Waals surface area contributed by atoms with Crippen LogP contribution in [-0.4, -0.2) is 75.5 Å². The van der Waals surface area contributed by atoms with Gasteiger partial charge in [-0.05, 0) is 43.0 Å². The predicted octanol–water partition coefficient (Wildman–Crippen LogP) is 2.58. The van der Waals surface area contributed by atoms with Gasteiger partial charge in [-0.2, -0.15) is 0 Å². The predicted molar refractivity (Wildman–Crippen MR) is 143 cm³/mol. The molecule has 2 aliphatic heterocycles. The Balaban J connectivity index is 1.34. The third kappa shape index (κ3) is 3.17. The van der Waals surface area contributed by atoms with Crippen LogP contribution in [-0.2, 0) is 13.6 Å². The highest BCUT2D eigenvalue weighted by atomic mass is 16.5. The summed E-state index contributed by atoms with van der Waals surface area (Å²) in [6, 6.07) is 12.4. The molecule has 192 valence electrons. The number of fused-ring (bicyclic) bond motifs is 3. The number of nitrogens with two attached hydrogens (primary N) is 1. The number of hydrogen-bond acceptors (Lipinski definition) is 6. The van der Waals surface area contributed by atoms with E-state index < -0.39 is 0 Å². The maximum absolute atomic E-state index is 13.6. The molecule has 0 spiro atoms. The van der Waals surface area contributed by atoms with Gasteiger partial charge in [-0.1, -0.05) is 12.1 Å². The van der Waals surface area contributed by atoms with E-state index in [0.29, 0.717) is 23.8 Å². The number of anilines is 1. The number of likely N-dealkylation sites (tertiary alicyclic amines) is 1. The molecular formula is C28H32N6O3. The Morgan fingerprint density at radius 1 is 1.19 bits per heavy atom. The number of nitrogens with zero attached hydrogens (tertiary/aromatic N) is 5. The summed E-state index contributed by atoms with van der Waals surface area (Å²) in [5.74, 6) is 1.88. The highest BCUT2D eigenvalue weighted by Gasteiger charge is 2.47. The molecular weight excluding hydrogens is 468 g/mol. The number of piperidine rings is 1. The van der Waals surface area contributed by atoms with Crippen LogP contribution in [0.5, 0.6) is 5.75 Å². The van der Waals surface area contributed by atoms with E-state index in [1.807, 2.05) is 24.1 Å². The molecule has 4 aromatic rings. The number of aryl methyl sites for hydroxylation is 1. The van der Waals surface area contributed by atoms with Crippen molar-refractivity contribution in [1.29, 1.82) is 0 Å². The summed E-state index contributed by atoms with van der Waals surface area (Å²) in [7, 11) is 3.64. The molecule has 4 heterocycles. The van der Waals surface area contributed by atoms with Gasteiger partial charge in [-0.3, -0.25) is 4.79 Å². The van der Waals surface area contributed by atoms with Crippen molar-refractivity contribution in [2.24, 2.45) is 18.7 Å². The Labute approximate surface area is 215 Å². The molecule has 9 nitrogen and oxygen atoms in total. The van der Waals surface area contributed by atoms with E-state index in [4.69, 9.17) is 15.5 Å². The molecule has 37 heavy (non-hydrogen) atoms. The monoisotopic (exact) mass is 500 g/mol. The summed E-state index contributed by atoms with van der Waals surface area (Å²) in [6.45, 7) is 3.09. The van der Waals surface area contributed by atoms with Gasteiger partial charge < -0.3 is 34.5 Å². The lowest BCUT2D eigenvalue weighted by atomic mass is 10.1. The highest BCUT2D eigenvalue weighted by Crippen LogP contribution is 2.40. The number of rotatable bonds is 5. The summed E-state index contributed by atoms with van der Waals surface area (Å²) in [5.41, 5.74) is 11.9. The molecule has 3 aliphatic rings. The molecule has 7 rings (SSSR count). The largest absolute Gasteiger partial charge is 0.494 e. The fourth-order valence-corrected chi connectivity index (χ4v) is 6.94. The van der Waals surface area contributed by atoms with Crippen LogP contribution in [0.15, 0.2) is 36.4 Å². The topological polar surface area (TPSA) is 102 Å². The van der Waals surface area contributed by atoms with Crippen LogP contribution in [0.3, 0.4) is 0 Å². The minimum absolute atomic E-state index is 0.00665. The highest BCUT2D eigenvalue weighted by molar-refractivity contribution is 6.01. The molecule has 1 saturated heterocycles. The summed E-state index contributed by atoms with van der Waals surface area (Å²) in [5, 5.41) is 10.7. The van der Waals surface area contributed by atoms with Crippen LogP contribution < -0.4 is 15.4 Å². The van der Waals surface area contributed by atoms with Crippen LogP contribution in [0.25, 0.3) is 33.5 Å². The molecule has 2 aromatic carbocycles. The minimum atomic E-state index is 0.00665.